The molecule has 156 valence electrons. The third kappa shape index (κ3) is 6.76. The van der Waals surface area contributed by atoms with E-state index in [4.69, 9.17) is 23.2 Å². The van der Waals surface area contributed by atoms with Gasteiger partial charge in [-0.25, -0.2) is 0 Å². The lowest BCUT2D eigenvalue weighted by molar-refractivity contribution is -0.140. The summed E-state index contributed by atoms with van der Waals surface area (Å²) in [6.45, 7) is 9.72. The summed E-state index contributed by atoms with van der Waals surface area (Å²) >= 11 is 12.2. The number of hydrogen-bond donors (Lipinski definition) is 1. The maximum absolute atomic E-state index is 13.2. The second-order valence-electron chi connectivity index (χ2n) is 8.29. The number of hydrogen-bond acceptors (Lipinski definition) is 2. The highest BCUT2D eigenvalue weighted by molar-refractivity contribution is 6.42. The first-order valence-electron chi connectivity index (χ1n) is 9.58. The minimum absolute atomic E-state index is 0.123. The number of carbonyl (C=O) groups excluding carboxylic acids is 2. The zero-order valence-corrected chi connectivity index (χ0v) is 19.1. The normalized spacial score (nSPS) is 12.4. The van der Waals surface area contributed by atoms with E-state index in [0.29, 0.717) is 10.0 Å². The molecule has 0 radical (unpaired) electrons. The summed E-state index contributed by atoms with van der Waals surface area (Å²) in [4.78, 5) is 27.6. The maximum Gasteiger partial charge on any atom is 0.242 e. The first kappa shape index (κ1) is 23.2. The topological polar surface area (TPSA) is 49.4 Å². The summed E-state index contributed by atoms with van der Waals surface area (Å²) in [6, 6.07) is 12.4. The molecular weight excluding hydrogens is 407 g/mol. The van der Waals surface area contributed by atoms with E-state index in [1.54, 1.807) is 24.0 Å². The molecule has 0 unspecified atom stereocenters. The van der Waals surface area contributed by atoms with Crippen LogP contribution in [0.2, 0.25) is 10.0 Å². The highest BCUT2D eigenvalue weighted by atomic mass is 35.5. The molecule has 0 fully saturated rings. The van der Waals surface area contributed by atoms with E-state index in [2.05, 4.69) is 5.32 Å². The van der Waals surface area contributed by atoms with Gasteiger partial charge in [0.1, 0.15) is 6.04 Å². The molecule has 2 aromatic carbocycles. The Bertz CT molecular complexity index is 891. The molecule has 0 aliphatic rings. The van der Waals surface area contributed by atoms with Gasteiger partial charge in [0.25, 0.3) is 0 Å². The molecule has 0 saturated carbocycles. The van der Waals surface area contributed by atoms with Crippen molar-refractivity contribution in [2.24, 2.45) is 0 Å². The van der Waals surface area contributed by atoms with Gasteiger partial charge in [-0.05, 0) is 63.4 Å². The molecule has 0 aliphatic heterocycles. The van der Waals surface area contributed by atoms with E-state index in [1.165, 1.54) is 0 Å². The third-order valence-corrected chi connectivity index (χ3v) is 5.34. The summed E-state index contributed by atoms with van der Waals surface area (Å²) in [6.07, 6.45) is 0.223. The number of rotatable bonds is 6. The molecule has 4 nitrogen and oxygen atoms in total. The van der Waals surface area contributed by atoms with E-state index >= 15 is 0 Å². The van der Waals surface area contributed by atoms with Gasteiger partial charge in [-0.15, -0.1) is 0 Å². The standard InChI is InChI=1S/C23H28Cl2N2O2/c1-15-8-6-7-9-18(15)13-21(28)27(16(2)22(29)26-23(3,4)5)14-17-10-11-19(24)20(25)12-17/h6-12,16H,13-14H2,1-5H3,(H,26,29)/t16-/m1/s1. The summed E-state index contributed by atoms with van der Waals surface area (Å²) < 4.78 is 0. The molecule has 6 heteroatoms. The van der Waals surface area contributed by atoms with Gasteiger partial charge >= 0.3 is 0 Å². The van der Waals surface area contributed by atoms with E-state index in [9.17, 15) is 9.59 Å². The average molecular weight is 435 g/mol. The fourth-order valence-corrected chi connectivity index (χ4v) is 3.28. The molecule has 29 heavy (non-hydrogen) atoms. The fourth-order valence-electron chi connectivity index (χ4n) is 2.96. The lowest BCUT2D eigenvalue weighted by Crippen LogP contribution is -2.52. The minimum atomic E-state index is -0.639. The second-order valence-corrected chi connectivity index (χ2v) is 9.10. The van der Waals surface area contributed by atoms with Crippen LogP contribution >= 0.6 is 23.2 Å². The van der Waals surface area contributed by atoms with E-state index in [1.807, 2.05) is 58.0 Å². The van der Waals surface area contributed by atoms with Crippen LogP contribution in [0.15, 0.2) is 42.5 Å². The SMILES string of the molecule is Cc1ccccc1CC(=O)N(Cc1ccc(Cl)c(Cl)c1)[C@H](C)C(=O)NC(C)(C)C. The smallest absolute Gasteiger partial charge is 0.242 e. The van der Waals surface area contributed by atoms with Crippen molar-refractivity contribution in [3.63, 3.8) is 0 Å². The molecule has 2 amide bonds. The Labute approximate surface area is 183 Å². The molecule has 0 aromatic heterocycles. The first-order chi connectivity index (χ1) is 13.5. The zero-order chi connectivity index (χ0) is 21.8. The van der Waals surface area contributed by atoms with Crippen molar-refractivity contribution in [2.75, 3.05) is 0 Å². The third-order valence-electron chi connectivity index (χ3n) is 4.61. The average Bonchev–Trinajstić information content (AvgIpc) is 2.62. The first-order valence-corrected chi connectivity index (χ1v) is 10.3. The Morgan fingerprint density at radius 3 is 2.31 bits per heavy atom. The number of amides is 2. The Balaban J connectivity index is 2.30. The highest BCUT2D eigenvalue weighted by Gasteiger charge is 2.28. The van der Waals surface area contributed by atoms with Crippen molar-refractivity contribution in [3.05, 3.63) is 69.2 Å². The van der Waals surface area contributed by atoms with Crippen LogP contribution in [0.25, 0.3) is 0 Å². The van der Waals surface area contributed by atoms with Crippen LogP contribution in [-0.4, -0.2) is 28.3 Å². The van der Waals surface area contributed by atoms with Gasteiger partial charge < -0.3 is 10.2 Å². The maximum atomic E-state index is 13.2. The largest absolute Gasteiger partial charge is 0.350 e. The molecule has 0 heterocycles. The number of aryl methyl sites for hydroxylation is 1. The van der Waals surface area contributed by atoms with E-state index < -0.39 is 6.04 Å². The Hall–Kier alpha value is -2.04. The molecule has 0 saturated heterocycles. The van der Waals surface area contributed by atoms with Crippen molar-refractivity contribution >= 4 is 35.0 Å². The van der Waals surface area contributed by atoms with Crippen molar-refractivity contribution in [1.29, 1.82) is 0 Å². The van der Waals surface area contributed by atoms with Gasteiger partial charge in [0.15, 0.2) is 0 Å². The Morgan fingerprint density at radius 1 is 1.07 bits per heavy atom. The summed E-state index contributed by atoms with van der Waals surface area (Å²) in [5.74, 6) is -0.322. The van der Waals surface area contributed by atoms with E-state index in [-0.39, 0.29) is 30.3 Å². The van der Waals surface area contributed by atoms with Crippen molar-refractivity contribution < 1.29 is 9.59 Å². The second kappa shape index (κ2) is 9.64. The van der Waals surface area contributed by atoms with Gasteiger partial charge in [0, 0.05) is 12.1 Å². The molecular formula is C23H28Cl2N2O2. The Kier molecular flexibility index (Phi) is 7.73. The van der Waals surface area contributed by atoms with Gasteiger partial charge in [0.2, 0.25) is 11.8 Å². The quantitative estimate of drug-likeness (QED) is 0.680. The van der Waals surface area contributed by atoms with Crippen LogP contribution in [0, 0.1) is 6.92 Å². The molecule has 1 N–H and O–H groups in total. The van der Waals surface area contributed by atoms with Crippen molar-refractivity contribution in [2.45, 2.75) is 59.2 Å². The Morgan fingerprint density at radius 2 is 1.72 bits per heavy atom. The highest BCUT2D eigenvalue weighted by Crippen LogP contribution is 2.24. The molecule has 0 aliphatic carbocycles. The molecule has 2 rings (SSSR count). The summed E-state index contributed by atoms with van der Waals surface area (Å²) in [5, 5.41) is 3.83. The van der Waals surface area contributed by atoms with Gasteiger partial charge in [-0.3, -0.25) is 9.59 Å². The number of nitrogens with zero attached hydrogens (tertiary/aromatic N) is 1. The monoisotopic (exact) mass is 434 g/mol. The van der Waals surface area contributed by atoms with Crippen LogP contribution in [0.1, 0.15) is 44.4 Å². The van der Waals surface area contributed by atoms with Gasteiger partial charge in [-0.1, -0.05) is 53.5 Å². The molecule has 0 bridgehead atoms. The molecule has 2 aromatic rings. The zero-order valence-electron chi connectivity index (χ0n) is 17.6. The van der Waals surface area contributed by atoms with E-state index in [0.717, 1.165) is 16.7 Å². The number of halogens is 2. The predicted octanol–water partition coefficient (Wildman–Crippen LogP) is 5.18. The van der Waals surface area contributed by atoms with Crippen molar-refractivity contribution in [3.8, 4) is 0 Å². The summed E-state index contributed by atoms with van der Waals surface area (Å²) in [5.41, 5.74) is 2.41. The van der Waals surface area contributed by atoms with Gasteiger partial charge in [0.05, 0.1) is 16.5 Å². The van der Waals surface area contributed by atoms with Crippen LogP contribution in [0.5, 0.6) is 0 Å². The molecule has 0 spiro atoms. The minimum Gasteiger partial charge on any atom is -0.350 e. The van der Waals surface area contributed by atoms with Crippen LogP contribution in [0.3, 0.4) is 0 Å². The van der Waals surface area contributed by atoms with Crippen LogP contribution in [0.4, 0.5) is 0 Å². The fraction of sp³-hybridized carbons (Fsp3) is 0.391. The van der Waals surface area contributed by atoms with Gasteiger partial charge in [-0.2, -0.15) is 0 Å². The number of nitrogens with one attached hydrogen (secondary N) is 1. The van der Waals surface area contributed by atoms with Crippen LogP contribution < -0.4 is 5.32 Å². The summed E-state index contributed by atoms with van der Waals surface area (Å²) in [7, 11) is 0. The lowest BCUT2D eigenvalue weighted by Gasteiger charge is -2.31. The number of carbonyl (C=O) groups is 2. The molecule has 1 atom stereocenters. The van der Waals surface area contributed by atoms with Crippen molar-refractivity contribution in [1.82, 2.24) is 10.2 Å². The number of benzene rings is 2. The van der Waals surface area contributed by atoms with Crippen LogP contribution in [-0.2, 0) is 22.6 Å². The lowest BCUT2D eigenvalue weighted by atomic mass is 10.0. The predicted molar refractivity (Wildman–Crippen MR) is 119 cm³/mol.